The van der Waals surface area contributed by atoms with Crippen LogP contribution >= 0.6 is 0 Å². The molecule has 1 fully saturated rings. The maximum atomic E-state index is 13.7. The second-order valence-corrected chi connectivity index (χ2v) is 7.56. The number of benzene rings is 2. The van der Waals surface area contributed by atoms with Gasteiger partial charge in [-0.25, -0.2) is 8.78 Å². The number of alkyl halides is 6. The monoisotopic (exact) mass is 482 g/mol. The first-order valence-corrected chi connectivity index (χ1v) is 9.82. The maximum absolute atomic E-state index is 13.7. The zero-order chi connectivity index (χ0) is 24.4. The highest BCUT2D eigenvalue weighted by atomic mass is 19.4. The molecule has 1 aliphatic rings. The van der Waals surface area contributed by atoms with Gasteiger partial charge in [-0.05, 0) is 54.3 Å². The van der Waals surface area contributed by atoms with E-state index >= 15 is 0 Å². The lowest BCUT2D eigenvalue weighted by Crippen LogP contribution is -2.37. The van der Waals surface area contributed by atoms with Crippen molar-refractivity contribution in [2.75, 3.05) is 13.2 Å². The van der Waals surface area contributed by atoms with Gasteiger partial charge >= 0.3 is 12.4 Å². The molecule has 2 aromatic rings. The van der Waals surface area contributed by atoms with Crippen LogP contribution in [-0.4, -0.2) is 25.8 Å². The number of rotatable bonds is 6. The summed E-state index contributed by atoms with van der Waals surface area (Å²) in [5, 5.41) is 0. The van der Waals surface area contributed by atoms with Crippen molar-refractivity contribution in [3.8, 4) is 0 Å². The van der Waals surface area contributed by atoms with Crippen molar-refractivity contribution in [2.45, 2.75) is 37.4 Å². The van der Waals surface area contributed by atoms with Gasteiger partial charge in [0.25, 0.3) is 0 Å². The maximum Gasteiger partial charge on any atom is 0.416 e. The fourth-order valence-corrected chi connectivity index (χ4v) is 3.69. The van der Waals surface area contributed by atoms with E-state index in [4.69, 9.17) is 9.47 Å². The third-order valence-corrected chi connectivity index (χ3v) is 5.31. The predicted molar refractivity (Wildman–Crippen MR) is 99.1 cm³/mol. The van der Waals surface area contributed by atoms with Gasteiger partial charge in [0.2, 0.25) is 0 Å². The summed E-state index contributed by atoms with van der Waals surface area (Å²) in [5.41, 5.74) is -2.93. The molecule has 180 valence electrons. The van der Waals surface area contributed by atoms with Crippen LogP contribution in [-0.2, 0) is 33.0 Å². The molecule has 0 saturated carbocycles. The number of carbonyl (C=O) groups is 1. The minimum atomic E-state index is -4.97. The number of hydrogen-bond donors (Lipinski definition) is 0. The van der Waals surface area contributed by atoms with Gasteiger partial charge in [0.1, 0.15) is 6.29 Å². The van der Waals surface area contributed by atoms with E-state index in [1.165, 1.54) is 6.07 Å². The highest BCUT2D eigenvalue weighted by molar-refractivity contribution is 5.56. The average Bonchev–Trinajstić information content (AvgIpc) is 2.74. The van der Waals surface area contributed by atoms with Crippen LogP contribution in [0.15, 0.2) is 36.4 Å². The van der Waals surface area contributed by atoms with E-state index in [0.717, 1.165) is 12.1 Å². The Labute approximate surface area is 183 Å². The summed E-state index contributed by atoms with van der Waals surface area (Å²) < 4.78 is 116. The minimum Gasteiger partial charge on any atom is -0.352 e. The fraction of sp³-hybridized carbons (Fsp3) is 0.409. The Morgan fingerprint density at radius 1 is 0.939 bits per heavy atom. The molecular formula is C22H18F8O3. The molecule has 11 heteroatoms. The SMILES string of the molecule is O=C[C@H]1CCO[C@H](OCCc2cc(C(F)(F)F)cc(C(F)(F)F)c2)[C@@H]1c1ccc(F)c(F)c1. The summed E-state index contributed by atoms with van der Waals surface area (Å²) in [6.07, 6.45) is -10.5. The first-order chi connectivity index (χ1) is 15.4. The molecule has 0 spiro atoms. The molecule has 0 aliphatic carbocycles. The molecule has 2 aromatic carbocycles. The van der Waals surface area contributed by atoms with Crippen LogP contribution in [0.2, 0.25) is 0 Å². The summed E-state index contributed by atoms with van der Waals surface area (Å²) >= 11 is 0. The van der Waals surface area contributed by atoms with Gasteiger partial charge in [-0.15, -0.1) is 0 Å². The topological polar surface area (TPSA) is 35.5 Å². The lowest BCUT2D eigenvalue weighted by atomic mass is 9.82. The second-order valence-electron chi connectivity index (χ2n) is 7.56. The number of aldehydes is 1. The Kier molecular flexibility index (Phi) is 7.42. The Morgan fingerprint density at radius 3 is 2.12 bits per heavy atom. The molecule has 0 radical (unpaired) electrons. The zero-order valence-corrected chi connectivity index (χ0v) is 16.9. The van der Waals surface area contributed by atoms with E-state index in [2.05, 4.69) is 0 Å². The first-order valence-electron chi connectivity index (χ1n) is 9.82. The van der Waals surface area contributed by atoms with Crippen LogP contribution < -0.4 is 0 Å². The highest BCUT2D eigenvalue weighted by Crippen LogP contribution is 2.38. The quantitative estimate of drug-likeness (QED) is 0.380. The summed E-state index contributed by atoms with van der Waals surface area (Å²) in [6, 6.07) is 4.25. The van der Waals surface area contributed by atoms with Gasteiger partial charge in [-0.3, -0.25) is 0 Å². The predicted octanol–water partition coefficient (Wildman–Crippen LogP) is 5.91. The second kappa shape index (κ2) is 9.76. The molecule has 0 N–H and O–H groups in total. The van der Waals surface area contributed by atoms with Crippen molar-refractivity contribution in [2.24, 2.45) is 5.92 Å². The Hall–Kier alpha value is -2.53. The van der Waals surface area contributed by atoms with E-state index in [1.54, 1.807) is 0 Å². The largest absolute Gasteiger partial charge is 0.416 e. The normalized spacial score (nSPS) is 21.8. The summed E-state index contributed by atoms with van der Waals surface area (Å²) in [7, 11) is 0. The van der Waals surface area contributed by atoms with Crippen molar-refractivity contribution in [3.05, 3.63) is 70.3 Å². The molecule has 0 unspecified atom stereocenters. The van der Waals surface area contributed by atoms with E-state index in [0.29, 0.717) is 18.4 Å². The summed E-state index contributed by atoms with van der Waals surface area (Å²) in [5.74, 6) is -3.75. The molecule has 1 saturated heterocycles. The molecule has 33 heavy (non-hydrogen) atoms. The van der Waals surface area contributed by atoms with Gasteiger partial charge < -0.3 is 14.3 Å². The van der Waals surface area contributed by atoms with Crippen LogP contribution in [0.1, 0.15) is 34.6 Å². The molecule has 3 rings (SSSR count). The van der Waals surface area contributed by atoms with Gasteiger partial charge in [0, 0.05) is 11.8 Å². The van der Waals surface area contributed by atoms with Crippen LogP contribution in [0, 0.1) is 17.6 Å². The highest BCUT2D eigenvalue weighted by Gasteiger charge is 2.38. The fourth-order valence-electron chi connectivity index (χ4n) is 3.69. The molecule has 0 aromatic heterocycles. The Bertz CT molecular complexity index is 954. The van der Waals surface area contributed by atoms with Crippen molar-refractivity contribution in [3.63, 3.8) is 0 Å². The van der Waals surface area contributed by atoms with E-state index < -0.39 is 53.2 Å². The number of carbonyl (C=O) groups excluding carboxylic acids is 1. The third kappa shape index (κ3) is 6.08. The number of hydrogen-bond acceptors (Lipinski definition) is 3. The van der Waals surface area contributed by atoms with Crippen molar-refractivity contribution >= 4 is 6.29 Å². The molecule has 3 nitrogen and oxygen atoms in total. The summed E-state index contributed by atoms with van der Waals surface area (Å²) in [6.45, 7) is -0.245. The van der Waals surface area contributed by atoms with Crippen molar-refractivity contribution in [1.82, 2.24) is 0 Å². The third-order valence-electron chi connectivity index (χ3n) is 5.31. The van der Waals surface area contributed by atoms with Crippen LogP contribution in [0.3, 0.4) is 0 Å². The van der Waals surface area contributed by atoms with Crippen molar-refractivity contribution in [1.29, 1.82) is 0 Å². The van der Waals surface area contributed by atoms with Crippen molar-refractivity contribution < 1.29 is 49.4 Å². The van der Waals surface area contributed by atoms with Crippen LogP contribution in [0.4, 0.5) is 35.1 Å². The Morgan fingerprint density at radius 2 is 1.58 bits per heavy atom. The molecular weight excluding hydrogens is 464 g/mol. The molecule has 1 heterocycles. The lowest BCUT2D eigenvalue weighted by Gasteiger charge is -2.35. The van der Waals surface area contributed by atoms with Crippen LogP contribution in [0.5, 0.6) is 0 Å². The van der Waals surface area contributed by atoms with Crippen LogP contribution in [0.25, 0.3) is 0 Å². The standard InChI is InChI=1S/C22H18F8O3/c23-17-2-1-13(9-18(17)24)19-14(11-31)4-6-33-20(19)32-5-3-12-7-15(21(25,26)27)10-16(8-12)22(28,29)30/h1-2,7-11,14,19-20H,3-6H2/t14-,19-,20+/m1/s1. The van der Waals surface area contributed by atoms with E-state index in [1.807, 2.05) is 0 Å². The van der Waals surface area contributed by atoms with E-state index in [-0.39, 0.29) is 43.2 Å². The number of ether oxygens (including phenoxy) is 2. The molecule has 1 aliphatic heterocycles. The molecule has 0 bridgehead atoms. The van der Waals surface area contributed by atoms with Gasteiger partial charge in [0.15, 0.2) is 17.9 Å². The average molecular weight is 482 g/mol. The van der Waals surface area contributed by atoms with E-state index in [9.17, 15) is 39.9 Å². The summed E-state index contributed by atoms with van der Waals surface area (Å²) in [4.78, 5) is 11.5. The zero-order valence-electron chi connectivity index (χ0n) is 16.9. The molecule has 0 amide bonds. The first kappa shape index (κ1) is 25.1. The number of halogens is 8. The van der Waals surface area contributed by atoms with Gasteiger partial charge in [-0.2, -0.15) is 26.3 Å². The van der Waals surface area contributed by atoms with Gasteiger partial charge in [-0.1, -0.05) is 6.07 Å². The lowest BCUT2D eigenvalue weighted by molar-refractivity contribution is -0.186. The molecule has 3 atom stereocenters. The van der Waals surface area contributed by atoms with Gasteiger partial charge in [0.05, 0.1) is 24.3 Å². The Balaban J connectivity index is 1.79. The smallest absolute Gasteiger partial charge is 0.352 e. The minimum absolute atomic E-state index is 0.0302.